The Balaban J connectivity index is 1.28. The van der Waals surface area contributed by atoms with Gasteiger partial charge < -0.3 is 19.3 Å². The van der Waals surface area contributed by atoms with Gasteiger partial charge in [0, 0.05) is 26.3 Å². The standard InChI is InChI=1S/C40H50N2O5/c1-2-46-40(44)41-37-29-36(24-25-39(37)47-32-35-21-12-7-13-22-35)38(43)31-42(30-34-19-10-6-11-20-34)26-14-3-4-15-27-45-28-16-23-33-17-8-5-9-18-33/h5-13,17-22,24-25,29,38,43H,2-4,14-16,23,26-28,30-32H2,1H3,(H,41,44). The molecule has 0 radical (unpaired) electrons. The van der Waals surface area contributed by atoms with Gasteiger partial charge in [-0.05, 0) is 73.5 Å². The summed E-state index contributed by atoms with van der Waals surface area (Å²) in [6, 6.07) is 36.2. The van der Waals surface area contributed by atoms with Crippen LogP contribution in [0.4, 0.5) is 10.5 Å². The monoisotopic (exact) mass is 638 g/mol. The molecule has 7 nitrogen and oxygen atoms in total. The number of aryl methyl sites for hydroxylation is 1. The summed E-state index contributed by atoms with van der Waals surface area (Å²) in [6.07, 6.45) is 5.10. The Kier molecular flexibility index (Phi) is 15.8. The topological polar surface area (TPSA) is 80.3 Å². The predicted octanol–water partition coefficient (Wildman–Crippen LogP) is 8.58. The molecule has 4 aromatic carbocycles. The van der Waals surface area contributed by atoms with Crippen molar-refractivity contribution in [1.29, 1.82) is 0 Å². The normalized spacial score (nSPS) is 11.7. The molecule has 4 aromatic rings. The summed E-state index contributed by atoms with van der Waals surface area (Å²) >= 11 is 0. The van der Waals surface area contributed by atoms with Crippen molar-refractivity contribution in [2.45, 2.75) is 64.7 Å². The quantitative estimate of drug-likeness (QED) is 0.0890. The lowest BCUT2D eigenvalue weighted by molar-refractivity contribution is 0.107. The number of benzene rings is 4. The minimum atomic E-state index is -0.756. The summed E-state index contributed by atoms with van der Waals surface area (Å²) in [7, 11) is 0. The van der Waals surface area contributed by atoms with Gasteiger partial charge in [-0.15, -0.1) is 0 Å². The lowest BCUT2D eigenvalue weighted by Crippen LogP contribution is -2.29. The summed E-state index contributed by atoms with van der Waals surface area (Å²) in [6.45, 7) is 6.04. The highest BCUT2D eigenvalue weighted by Crippen LogP contribution is 2.30. The summed E-state index contributed by atoms with van der Waals surface area (Å²) < 4.78 is 17.1. The second-order valence-corrected chi connectivity index (χ2v) is 11.7. The zero-order valence-electron chi connectivity index (χ0n) is 27.7. The first kappa shape index (κ1) is 35.7. The number of anilines is 1. The SMILES string of the molecule is CCOC(=O)Nc1cc(C(O)CN(CCCCCCOCCCc2ccccc2)Cc2ccccc2)ccc1OCc1ccccc1. The number of ether oxygens (including phenoxy) is 3. The Morgan fingerprint density at radius 2 is 1.40 bits per heavy atom. The lowest BCUT2D eigenvalue weighted by atomic mass is 10.1. The van der Waals surface area contributed by atoms with E-state index in [1.807, 2.05) is 60.7 Å². The second kappa shape index (κ2) is 20.9. The van der Waals surface area contributed by atoms with E-state index in [-0.39, 0.29) is 6.61 Å². The molecule has 250 valence electrons. The third kappa shape index (κ3) is 13.6. The second-order valence-electron chi connectivity index (χ2n) is 11.7. The van der Waals surface area contributed by atoms with Gasteiger partial charge in [-0.2, -0.15) is 0 Å². The molecule has 1 amide bonds. The van der Waals surface area contributed by atoms with Gasteiger partial charge in [0.05, 0.1) is 18.4 Å². The van der Waals surface area contributed by atoms with Gasteiger partial charge >= 0.3 is 6.09 Å². The number of nitrogens with one attached hydrogen (secondary N) is 1. The van der Waals surface area contributed by atoms with Crippen LogP contribution >= 0.6 is 0 Å². The zero-order chi connectivity index (χ0) is 32.9. The molecule has 0 spiro atoms. The molecule has 1 atom stereocenters. The molecule has 4 rings (SSSR count). The van der Waals surface area contributed by atoms with Crippen molar-refractivity contribution in [2.24, 2.45) is 0 Å². The fraction of sp³-hybridized carbons (Fsp3) is 0.375. The van der Waals surface area contributed by atoms with E-state index in [2.05, 4.69) is 46.6 Å². The summed E-state index contributed by atoms with van der Waals surface area (Å²) in [5.41, 5.74) is 4.75. The van der Waals surface area contributed by atoms with Crippen LogP contribution in [0.25, 0.3) is 0 Å². The fourth-order valence-corrected chi connectivity index (χ4v) is 5.44. The predicted molar refractivity (Wildman–Crippen MR) is 189 cm³/mol. The minimum absolute atomic E-state index is 0.255. The van der Waals surface area contributed by atoms with E-state index < -0.39 is 12.2 Å². The summed E-state index contributed by atoms with van der Waals surface area (Å²) in [5, 5.41) is 14.2. The van der Waals surface area contributed by atoms with Crippen LogP contribution in [0.15, 0.2) is 109 Å². The molecule has 0 aliphatic carbocycles. The largest absolute Gasteiger partial charge is 0.487 e. The van der Waals surface area contributed by atoms with Gasteiger partial charge in [0.1, 0.15) is 12.4 Å². The molecule has 7 heteroatoms. The van der Waals surface area contributed by atoms with Gasteiger partial charge in [-0.1, -0.05) is 110 Å². The number of hydrogen-bond acceptors (Lipinski definition) is 6. The van der Waals surface area contributed by atoms with Crippen molar-refractivity contribution in [1.82, 2.24) is 4.90 Å². The van der Waals surface area contributed by atoms with Gasteiger partial charge in [0.2, 0.25) is 0 Å². The molecule has 0 aliphatic heterocycles. The van der Waals surface area contributed by atoms with Crippen molar-refractivity contribution >= 4 is 11.8 Å². The Hall–Kier alpha value is -4.17. The van der Waals surface area contributed by atoms with E-state index in [4.69, 9.17) is 14.2 Å². The molecule has 0 heterocycles. The lowest BCUT2D eigenvalue weighted by Gasteiger charge is -2.26. The summed E-state index contributed by atoms with van der Waals surface area (Å²) in [4.78, 5) is 14.7. The highest BCUT2D eigenvalue weighted by molar-refractivity contribution is 5.87. The molecular formula is C40H50N2O5. The molecule has 0 saturated heterocycles. The number of aliphatic hydroxyl groups excluding tert-OH is 1. The number of hydrogen-bond donors (Lipinski definition) is 2. The highest BCUT2D eigenvalue weighted by Gasteiger charge is 2.18. The average molecular weight is 639 g/mol. The van der Waals surface area contributed by atoms with E-state index in [0.717, 1.165) is 70.4 Å². The fourth-order valence-electron chi connectivity index (χ4n) is 5.44. The van der Waals surface area contributed by atoms with Gasteiger partial charge in [-0.25, -0.2) is 4.79 Å². The van der Waals surface area contributed by atoms with E-state index in [0.29, 0.717) is 30.2 Å². The molecule has 0 aromatic heterocycles. The third-order valence-electron chi connectivity index (χ3n) is 7.93. The van der Waals surface area contributed by atoms with Crippen molar-refractivity contribution in [3.63, 3.8) is 0 Å². The zero-order valence-corrected chi connectivity index (χ0v) is 27.7. The van der Waals surface area contributed by atoms with Crippen LogP contribution in [-0.2, 0) is 29.0 Å². The summed E-state index contributed by atoms with van der Waals surface area (Å²) in [5.74, 6) is 0.513. The van der Waals surface area contributed by atoms with Crippen molar-refractivity contribution < 1.29 is 24.1 Å². The van der Waals surface area contributed by atoms with Crippen molar-refractivity contribution in [2.75, 3.05) is 38.2 Å². The Bertz CT molecular complexity index is 1420. The maximum Gasteiger partial charge on any atom is 0.411 e. The third-order valence-corrected chi connectivity index (χ3v) is 7.93. The number of amides is 1. The van der Waals surface area contributed by atoms with Crippen molar-refractivity contribution in [3.8, 4) is 5.75 Å². The number of rotatable bonds is 21. The molecule has 0 aliphatic rings. The maximum atomic E-state index is 12.3. The van der Waals surface area contributed by atoms with Crippen LogP contribution in [0.2, 0.25) is 0 Å². The first-order valence-electron chi connectivity index (χ1n) is 16.9. The molecule has 2 N–H and O–H groups in total. The number of nitrogens with zero attached hydrogens (tertiary/aromatic N) is 1. The molecule has 0 bridgehead atoms. The average Bonchev–Trinajstić information content (AvgIpc) is 3.10. The molecule has 47 heavy (non-hydrogen) atoms. The smallest absolute Gasteiger partial charge is 0.411 e. The maximum absolute atomic E-state index is 12.3. The van der Waals surface area contributed by atoms with Crippen molar-refractivity contribution in [3.05, 3.63) is 131 Å². The number of carbonyl (C=O) groups is 1. The van der Waals surface area contributed by atoms with Crippen LogP contribution < -0.4 is 10.1 Å². The van der Waals surface area contributed by atoms with E-state index >= 15 is 0 Å². The number of aliphatic hydroxyl groups is 1. The molecule has 0 saturated carbocycles. The molecule has 1 unspecified atom stereocenters. The first-order valence-corrected chi connectivity index (χ1v) is 16.9. The van der Waals surface area contributed by atoms with Crippen LogP contribution in [-0.4, -0.2) is 49.0 Å². The van der Waals surface area contributed by atoms with Crippen LogP contribution in [0.3, 0.4) is 0 Å². The van der Waals surface area contributed by atoms with E-state index in [9.17, 15) is 9.90 Å². The molecule has 0 fully saturated rings. The Morgan fingerprint density at radius 1 is 0.766 bits per heavy atom. The van der Waals surface area contributed by atoms with Gasteiger partial charge in [0.15, 0.2) is 0 Å². The number of unbranched alkanes of at least 4 members (excludes halogenated alkanes) is 3. The van der Waals surface area contributed by atoms with E-state index in [1.165, 1.54) is 11.1 Å². The Morgan fingerprint density at radius 3 is 2.11 bits per heavy atom. The number of carbonyl (C=O) groups excluding carboxylic acids is 1. The highest BCUT2D eigenvalue weighted by atomic mass is 16.5. The minimum Gasteiger partial charge on any atom is -0.487 e. The van der Waals surface area contributed by atoms with Crippen LogP contribution in [0, 0.1) is 0 Å². The van der Waals surface area contributed by atoms with Gasteiger partial charge in [-0.3, -0.25) is 10.2 Å². The van der Waals surface area contributed by atoms with Crippen LogP contribution in [0.5, 0.6) is 5.75 Å². The molecular weight excluding hydrogens is 588 g/mol. The Labute approximate surface area is 280 Å². The van der Waals surface area contributed by atoms with Gasteiger partial charge in [0.25, 0.3) is 0 Å². The van der Waals surface area contributed by atoms with E-state index in [1.54, 1.807) is 19.1 Å². The first-order chi connectivity index (χ1) is 23.1. The van der Waals surface area contributed by atoms with Crippen LogP contribution in [0.1, 0.15) is 67.4 Å².